The number of hydrogen-bond donors (Lipinski definition) is 1. The monoisotopic (exact) mass is 160 g/mol. The average molecular weight is 161 g/mol. The van der Waals surface area contributed by atoms with E-state index >= 15 is 0 Å². The number of hydrogen-bond acceptors (Lipinski definition) is 2. The third kappa shape index (κ3) is 2.29. The van der Waals surface area contributed by atoms with E-state index in [0.29, 0.717) is 11.1 Å². The topological polar surface area (TPSA) is 29.3 Å². The van der Waals surface area contributed by atoms with Crippen LogP contribution >= 0.6 is 11.6 Å². The Kier molecular flexibility index (Phi) is 2.72. The molecule has 0 aromatic carbocycles. The normalized spacial score (nSPS) is 27.2. The van der Waals surface area contributed by atoms with Crippen molar-refractivity contribution in [2.45, 2.75) is 12.5 Å². The second-order valence-electron chi connectivity index (χ2n) is 2.80. The van der Waals surface area contributed by atoms with Crippen molar-refractivity contribution in [1.82, 2.24) is 4.90 Å². The van der Waals surface area contributed by atoms with Gasteiger partial charge < -0.3 is 5.73 Å². The van der Waals surface area contributed by atoms with Gasteiger partial charge in [-0.3, -0.25) is 4.90 Å². The molecule has 0 aromatic rings. The molecule has 1 fully saturated rings. The Morgan fingerprint density at radius 1 is 1.80 bits per heavy atom. The first-order chi connectivity index (χ1) is 4.68. The van der Waals surface area contributed by atoms with E-state index < -0.39 is 0 Å². The zero-order valence-corrected chi connectivity index (χ0v) is 6.77. The summed E-state index contributed by atoms with van der Waals surface area (Å²) >= 11 is 5.63. The van der Waals surface area contributed by atoms with E-state index in [-0.39, 0.29) is 0 Å². The molecule has 0 unspecified atom stereocenters. The van der Waals surface area contributed by atoms with Crippen LogP contribution in [-0.2, 0) is 0 Å². The van der Waals surface area contributed by atoms with Crippen LogP contribution in [0.1, 0.15) is 6.42 Å². The van der Waals surface area contributed by atoms with E-state index in [1.165, 1.54) is 0 Å². The number of halogens is 1. The van der Waals surface area contributed by atoms with Crippen LogP contribution in [0, 0.1) is 0 Å². The Balaban J connectivity index is 2.24. The van der Waals surface area contributed by atoms with Crippen LogP contribution < -0.4 is 5.73 Å². The van der Waals surface area contributed by atoms with E-state index in [2.05, 4.69) is 11.5 Å². The first-order valence-electron chi connectivity index (χ1n) is 3.49. The minimum Gasteiger partial charge on any atom is -0.326 e. The Labute approximate surface area is 66.6 Å². The van der Waals surface area contributed by atoms with Crippen LogP contribution in [0.4, 0.5) is 0 Å². The molecule has 0 aromatic heterocycles. The zero-order valence-electron chi connectivity index (χ0n) is 6.02. The molecular formula is C7H13ClN2. The molecule has 0 bridgehead atoms. The fourth-order valence-corrected chi connectivity index (χ4v) is 1.42. The van der Waals surface area contributed by atoms with Gasteiger partial charge in [-0.2, -0.15) is 0 Å². The summed E-state index contributed by atoms with van der Waals surface area (Å²) in [6.07, 6.45) is 1.09. The molecular weight excluding hydrogens is 148 g/mol. The van der Waals surface area contributed by atoms with E-state index in [4.69, 9.17) is 17.3 Å². The molecule has 0 spiro atoms. The van der Waals surface area contributed by atoms with Gasteiger partial charge in [-0.15, -0.1) is 0 Å². The van der Waals surface area contributed by atoms with E-state index in [1.54, 1.807) is 0 Å². The summed E-state index contributed by atoms with van der Waals surface area (Å²) in [6.45, 7) is 6.44. The van der Waals surface area contributed by atoms with Crippen molar-refractivity contribution in [3.8, 4) is 0 Å². The number of rotatable bonds is 2. The quantitative estimate of drug-likeness (QED) is 0.647. The molecule has 58 valence electrons. The highest BCUT2D eigenvalue weighted by molar-refractivity contribution is 6.29. The SMILES string of the molecule is C=C(Cl)CN1CC[C@@H](N)C1. The molecule has 2 nitrogen and oxygen atoms in total. The first kappa shape index (κ1) is 8.05. The van der Waals surface area contributed by atoms with Gasteiger partial charge in [0.2, 0.25) is 0 Å². The van der Waals surface area contributed by atoms with Crippen LogP contribution in [0.25, 0.3) is 0 Å². The maximum absolute atomic E-state index is 5.69. The van der Waals surface area contributed by atoms with Crippen LogP contribution in [0.15, 0.2) is 11.6 Å². The van der Waals surface area contributed by atoms with Crippen molar-refractivity contribution in [2.75, 3.05) is 19.6 Å². The lowest BCUT2D eigenvalue weighted by atomic mass is 10.3. The number of likely N-dealkylation sites (tertiary alicyclic amines) is 1. The van der Waals surface area contributed by atoms with Gasteiger partial charge in [0.25, 0.3) is 0 Å². The van der Waals surface area contributed by atoms with Crippen molar-refractivity contribution in [3.63, 3.8) is 0 Å². The molecule has 0 radical (unpaired) electrons. The second kappa shape index (κ2) is 3.37. The van der Waals surface area contributed by atoms with Gasteiger partial charge in [0, 0.05) is 30.7 Å². The Hall–Kier alpha value is -0.0500. The fraction of sp³-hybridized carbons (Fsp3) is 0.714. The van der Waals surface area contributed by atoms with Crippen LogP contribution in [0.2, 0.25) is 0 Å². The summed E-state index contributed by atoms with van der Waals surface area (Å²) in [5, 5.41) is 0.703. The minimum absolute atomic E-state index is 0.344. The Morgan fingerprint density at radius 3 is 2.90 bits per heavy atom. The molecule has 1 atom stereocenters. The maximum Gasteiger partial charge on any atom is 0.0336 e. The molecule has 10 heavy (non-hydrogen) atoms. The highest BCUT2D eigenvalue weighted by Crippen LogP contribution is 2.09. The predicted octanol–water partition coefficient (Wildman–Crippen LogP) is 0.772. The van der Waals surface area contributed by atoms with E-state index in [9.17, 15) is 0 Å². The van der Waals surface area contributed by atoms with E-state index in [1.807, 2.05) is 0 Å². The summed E-state index contributed by atoms with van der Waals surface area (Å²) in [4.78, 5) is 2.22. The van der Waals surface area contributed by atoms with Gasteiger partial charge in [-0.25, -0.2) is 0 Å². The molecule has 1 saturated heterocycles. The van der Waals surface area contributed by atoms with Crippen LogP contribution in [-0.4, -0.2) is 30.6 Å². The van der Waals surface area contributed by atoms with Gasteiger partial charge in [0.1, 0.15) is 0 Å². The molecule has 1 aliphatic heterocycles. The summed E-state index contributed by atoms with van der Waals surface area (Å²) < 4.78 is 0. The van der Waals surface area contributed by atoms with Gasteiger partial charge >= 0.3 is 0 Å². The molecule has 2 N–H and O–H groups in total. The van der Waals surface area contributed by atoms with Crippen molar-refractivity contribution >= 4 is 11.6 Å². The van der Waals surface area contributed by atoms with Crippen molar-refractivity contribution in [1.29, 1.82) is 0 Å². The third-order valence-corrected chi connectivity index (χ3v) is 1.82. The summed E-state index contributed by atoms with van der Waals surface area (Å²) in [7, 11) is 0. The van der Waals surface area contributed by atoms with Crippen LogP contribution in [0.3, 0.4) is 0 Å². The van der Waals surface area contributed by atoms with Gasteiger partial charge in [-0.1, -0.05) is 18.2 Å². The predicted molar refractivity (Wildman–Crippen MR) is 44.0 cm³/mol. The fourth-order valence-electron chi connectivity index (χ4n) is 1.25. The highest BCUT2D eigenvalue weighted by Gasteiger charge is 2.18. The molecule has 1 aliphatic rings. The Morgan fingerprint density at radius 2 is 2.50 bits per heavy atom. The lowest BCUT2D eigenvalue weighted by Gasteiger charge is -2.12. The standard InChI is InChI=1S/C7H13ClN2/c1-6(8)4-10-3-2-7(9)5-10/h7H,1-5,9H2/t7-/m1/s1. The number of nitrogens with zero attached hydrogens (tertiary/aromatic N) is 1. The summed E-state index contributed by atoms with van der Waals surface area (Å²) in [5.74, 6) is 0. The molecule has 3 heteroatoms. The summed E-state index contributed by atoms with van der Waals surface area (Å²) in [6, 6.07) is 0.344. The molecule has 0 aliphatic carbocycles. The third-order valence-electron chi connectivity index (χ3n) is 1.70. The molecule has 0 amide bonds. The maximum atomic E-state index is 5.69. The van der Waals surface area contributed by atoms with Gasteiger partial charge in [0.15, 0.2) is 0 Å². The second-order valence-corrected chi connectivity index (χ2v) is 3.34. The van der Waals surface area contributed by atoms with Gasteiger partial charge in [0.05, 0.1) is 0 Å². The minimum atomic E-state index is 0.344. The number of nitrogens with two attached hydrogens (primary N) is 1. The molecule has 0 saturated carbocycles. The highest BCUT2D eigenvalue weighted by atomic mass is 35.5. The van der Waals surface area contributed by atoms with Crippen LogP contribution in [0.5, 0.6) is 0 Å². The van der Waals surface area contributed by atoms with Crippen molar-refractivity contribution in [3.05, 3.63) is 11.6 Å². The Bertz CT molecular complexity index is 136. The molecule has 1 rings (SSSR count). The van der Waals surface area contributed by atoms with E-state index in [0.717, 1.165) is 26.1 Å². The van der Waals surface area contributed by atoms with Gasteiger partial charge in [-0.05, 0) is 6.42 Å². The molecule has 1 heterocycles. The first-order valence-corrected chi connectivity index (χ1v) is 3.87. The lowest BCUT2D eigenvalue weighted by molar-refractivity contribution is 0.369. The largest absolute Gasteiger partial charge is 0.326 e. The average Bonchev–Trinajstić information content (AvgIpc) is 2.13. The zero-order chi connectivity index (χ0) is 7.56. The smallest absolute Gasteiger partial charge is 0.0336 e. The lowest BCUT2D eigenvalue weighted by Crippen LogP contribution is -2.27. The summed E-state index contributed by atoms with van der Waals surface area (Å²) in [5.41, 5.74) is 5.69. The van der Waals surface area contributed by atoms with Crippen molar-refractivity contribution in [2.24, 2.45) is 5.73 Å². The van der Waals surface area contributed by atoms with Crippen molar-refractivity contribution < 1.29 is 0 Å².